The smallest absolute Gasteiger partial charge is 0.224 e. The summed E-state index contributed by atoms with van der Waals surface area (Å²) in [6.45, 7) is 9.82. The van der Waals surface area contributed by atoms with E-state index in [4.69, 9.17) is 5.73 Å². The average Bonchev–Trinajstić information content (AvgIpc) is 2.62. The van der Waals surface area contributed by atoms with Crippen LogP contribution in [0.2, 0.25) is 0 Å². The van der Waals surface area contributed by atoms with Gasteiger partial charge in [-0.1, -0.05) is 6.92 Å². The zero-order chi connectivity index (χ0) is 11.5. The van der Waals surface area contributed by atoms with Crippen molar-refractivity contribution in [3.8, 4) is 0 Å². The van der Waals surface area contributed by atoms with Crippen LogP contribution in [0.25, 0.3) is 0 Å². The minimum absolute atomic E-state index is 0.406. The maximum absolute atomic E-state index is 6.17. The first-order chi connectivity index (χ1) is 7.06. The lowest BCUT2D eigenvalue weighted by atomic mass is 9.99. The molecule has 1 rings (SSSR count). The van der Waals surface area contributed by atoms with Crippen LogP contribution >= 0.6 is 0 Å². The number of hydrogen-bond acceptors (Lipinski definition) is 4. The van der Waals surface area contributed by atoms with Crippen molar-refractivity contribution >= 4 is 5.95 Å². The predicted molar refractivity (Wildman–Crippen MR) is 61.7 cm³/mol. The summed E-state index contributed by atoms with van der Waals surface area (Å²) in [6, 6.07) is 0. The molecule has 3 N–H and O–H groups in total. The largest absolute Gasteiger partial charge is 0.355 e. The Morgan fingerprint density at radius 2 is 2.00 bits per heavy atom. The van der Waals surface area contributed by atoms with Gasteiger partial charge in [-0.25, -0.2) is 0 Å². The third-order valence-corrected chi connectivity index (χ3v) is 2.65. The molecule has 0 bridgehead atoms. The fraction of sp³-hybridized carbons (Fsp3) is 0.800. The molecule has 0 saturated heterocycles. The molecule has 0 aliphatic carbocycles. The van der Waals surface area contributed by atoms with E-state index in [1.54, 1.807) is 0 Å². The molecule has 1 heterocycles. The Morgan fingerprint density at radius 1 is 1.33 bits per heavy atom. The van der Waals surface area contributed by atoms with Gasteiger partial charge in [0.15, 0.2) is 5.82 Å². The molecular weight excluding hydrogens is 190 g/mol. The summed E-state index contributed by atoms with van der Waals surface area (Å²) in [6.07, 6.45) is 0.845. The van der Waals surface area contributed by atoms with Crippen LogP contribution in [0.5, 0.6) is 0 Å². The number of anilines is 1. The summed E-state index contributed by atoms with van der Waals surface area (Å²) in [5.41, 5.74) is 5.77. The Hall–Kier alpha value is -1.10. The third-order valence-electron chi connectivity index (χ3n) is 2.65. The highest BCUT2D eigenvalue weighted by Gasteiger charge is 2.26. The normalized spacial score (nSPS) is 15.0. The lowest BCUT2D eigenvalue weighted by molar-refractivity contribution is 0.422. The van der Waals surface area contributed by atoms with Crippen molar-refractivity contribution in [3.05, 3.63) is 5.82 Å². The minimum atomic E-state index is -0.406. The quantitative estimate of drug-likeness (QED) is 0.770. The molecular formula is C10H21N5. The van der Waals surface area contributed by atoms with E-state index >= 15 is 0 Å². The Morgan fingerprint density at radius 3 is 2.47 bits per heavy atom. The van der Waals surface area contributed by atoms with E-state index in [2.05, 4.69) is 29.4 Å². The molecule has 1 aromatic rings. The van der Waals surface area contributed by atoms with E-state index in [-0.39, 0.29) is 0 Å². The molecule has 1 atom stereocenters. The van der Waals surface area contributed by atoms with Crippen molar-refractivity contribution in [1.29, 1.82) is 0 Å². The molecule has 0 aliphatic heterocycles. The molecule has 86 valence electrons. The number of rotatable bonds is 5. The highest BCUT2D eigenvalue weighted by molar-refractivity contribution is 5.27. The van der Waals surface area contributed by atoms with Gasteiger partial charge < -0.3 is 11.1 Å². The molecule has 5 heteroatoms. The van der Waals surface area contributed by atoms with Crippen molar-refractivity contribution in [3.63, 3.8) is 0 Å². The monoisotopic (exact) mass is 211 g/mol. The van der Waals surface area contributed by atoms with Crippen molar-refractivity contribution in [2.45, 2.75) is 46.2 Å². The average molecular weight is 211 g/mol. The first kappa shape index (κ1) is 12.0. The van der Waals surface area contributed by atoms with Crippen molar-refractivity contribution < 1.29 is 0 Å². The SMILES string of the molecule is CCNc1nnc(C(C)(N)CC)n1CC. The van der Waals surface area contributed by atoms with Gasteiger partial charge in [-0.2, -0.15) is 0 Å². The van der Waals surface area contributed by atoms with Crippen molar-refractivity contribution in [2.24, 2.45) is 5.73 Å². The summed E-state index contributed by atoms with van der Waals surface area (Å²) in [5.74, 6) is 1.66. The van der Waals surface area contributed by atoms with Crippen LogP contribution in [0.1, 0.15) is 39.9 Å². The topological polar surface area (TPSA) is 68.8 Å². The highest BCUT2D eigenvalue weighted by atomic mass is 15.4. The molecule has 0 radical (unpaired) electrons. The molecule has 1 unspecified atom stereocenters. The fourth-order valence-corrected chi connectivity index (χ4v) is 1.47. The molecule has 0 saturated carbocycles. The molecule has 0 fully saturated rings. The van der Waals surface area contributed by atoms with Gasteiger partial charge >= 0.3 is 0 Å². The van der Waals surface area contributed by atoms with E-state index in [1.807, 2.05) is 18.4 Å². The third kappa shape index (κ3) is 2.28. The molecule has 0 spiro atoms. The van der Waals surface area contributed by atoms with Crippen LogP contribution < -0.4 is 11.1 Å². The number of nitrogens with one attached hydrogen (secondary N) is 1. The first-order valence-corrected chi connectivity index (χ1v) is 5.53. The number of nitrogens with zero attached hydrogens (tertiary/aromatic N) is 3. The van der Waals surface area contributed by atoms with Crippen molar-refractivity contribution in [2.75, 3.05) is 11.9 Å². The Balaban J connectivity index is 3.09. The van der Waals surface area contributed by atoms with Gasteiger partial charge in [0.25, 0.3) is 0 Å². The van der Waals surface area contributed by atoms with Gasteiger partial charge in [-0.05, 0) is 27.2 Å². The maximum atomic E-state index is 6.17. The zero-order valence-electron chi connectivity index (χ0n) is 10.0. The van der Waals surface area contributed by atoms with Crippen molar-refractivity contribution in [1.82, 2.24) is 14.8 Å². The van der Waals surface area contributed by atoms with Gasteiger partial charge in [0.05, 0.1) is 5.54 Å². The first-order valence-electron chi connectivity index (χ1n) is 5.53. The molecule has 15 heavy (non-hydrogen) atoms. The zero-order valence-corrected chi connectivity index (χ0v) is 10.0. The standard InChI is InChI=1S/C10H21N5/c1-5-10(4,11)8-13-14-9(12-6-2)15(8)7-3/h5-7,11H2,1-4H3,(H,12,14). The summed E-state index contributed by atoms with van der Waals surface area (Å²) in [7, 11) is 0. The molecule has 1 aromatic heterocycles. The van der Waals surface area contributed by atoms with Crippen LogP contribution in [-0.2, 0) is 12.1 Å². The lowest BCUT2D eigenvalue weighted by Gasteiger charge is -2.22. The highest BCUT2D eigenvalue weighted by Crippen LogP contribution is 2.21. The molecule has 0 aromatic carbocycles. The number of aromatic nitrogens is 3. The number of nitrogens with two attached hydrogens (primary N) is 1. The molecule has 5 nitrogen and oxygen atoms in total. The van der Waals surface area contributed by atoms with Gasteiger partial charge in [-0.3, -0.25) is 4.57 Å². The summed E-state index contributed by atoms with van der Waals surface area (Å²) < 4.78 is 2.03. The number of hydrogen-bond donors (Lipinski definition) is 2. The summed E-state index contributed by atoms with van der Waals surface area (Å²) >= 11 is 0. The molecule has 0 aliphatic rings. The van der Waals surface area contributed by atoms with E-state index in [0.29, 0.717) is 0 Å². The van der Waals surface area contributed by atoms with Gasteiger partial charge in [-0.15, -0.1) is 10.2 Å². The van der Waals surface area contributed by atoms with Gasteiger partial charge in [0.1, 0.15) is 0 Å². The Bertz CT molecular complexity index is 316. The van der Waals surface area contributed by atoms with Gasteiger partial charge in [0.2, 0.25) is 5.95 Å². The Labute approximate surface area is 91.1 Å². The van der Waals surface area contributed by atoms with E-state index < -0.39 is 5.54 Å². The van der Waals surface area contributed by atoms with Crippen LogP contribution in [0.3, 0.4) is 0 Å². The van der Waals surface area contributed by atoms with Crippen LogP contribution in [0.4, 0.5) is 5.95 Å². The maximum Gasteiger partial charge on any atom is 0.224 e. The fourth-order valence-electron chi connectivity index (χ4n) is 1.47. The minimum Gasteiger partial charge on any atom is -0.355 e. The van der Waals surface area contributed by atoms with E-state index in [0.717, 1.165) is 31.3 Å². The lowest BCUT2D eigenvalue weighted by Crippen LogP contribution is -2.35. The summed E-state index contributed by atoms with van der Waals surface area (Å²) in [4.78, 5) is 0. The predicted octanol–water partition coefficient (Wildman–Crippen LogP) is 1.31. The second-order valence-electron chi connectivity index (χ2n) is 3.89. The molecule has 0 amide bonds. The second-order valence-corrected chi connectivity index (χ2v) is 3.89. The van der Waals surface area contributed by atoms with Crippen LogP contribution in [0.15, 0.2) is 0 Å². The van der Waals surface area contributed by atoms with Gasteiger partial charge in [0, 0.05) is 13.1 Å². The second kappa shape index (κ2) is 4.61. The van der Waals surface area contributed by atoms with E-state index in [1.165, 1.54) is 0 Å². The van der Waals surface area contributed by atoms with E-state index in [9.17, 15) is 0 Å². The summed E-state index contributed by atoms with van der Waals surface area (Å²) in [5, 5.41) is 11.5. The Kier molecular flexibility index (Phi) is 3.68. The van der Waals surface area contributed by atoms with Crippen LogP contribution in [-0.4, -0.2) is 21.3 Å². The van der Waals surface area contributed by atoms with Crippen LogP contribution in [0, 0.1) is 0 Å².